The maximum absolute atomic E-state index is 13.0. The van der Waals surface area contributed by atoms with Crippen LogP contribution in [0.15, 0.2) is 30.3 Å². The molecule has 6 unspecified atom stereocenters. The number of nitrogens with two attached hydrogens (primary N) is 1. The molecule has 11 heteroatoms. The maximum Gasteiger partial charge on any atom is 0.326 e. The third-order valence-corrected chi connectivity index (χ3v) is 6.41. The van der Waals surface area contributed by atoms with E-state index in [0.717, 1.165) is 5.56 Å². The highest BCUT2D eigenvalue weighted by molar-refractivity contribution is 7.98. The Hall–Kier alpha value is -2.63. The lowest BCUT2D eigenvalue weighted by Crippen LogP contribution is -2.60. The summed E-state index contributed by atoms with van der Waals surface area (Å²) in [4.78, 5) is 50.1. The van der Waals surface area contributed by atoms with E-state index in [0.29, 0.717) is 12.2 Å². The molecule has 6 atom stereocenters. The molecule has 0 aliphatic heterocycles. The van der Waals surface area contributed by atoms with Crippen LogP contribution in [0.5, 0.6) is 0 Å². The minimum absolute atomic E-state index is 0.0744. The second kappa shape index (κ2) is 15.4. The van der Waals surface area contributed by atoms with Crippen LogP contribution in [0.2, 0.25) is 0 Å². The lowest BCUT2D eigenvalue weighted by atomic mass is 9.98. The van der Waals surface area contributed by atoms with E-state index >= 15 is 0 Å². The van der Waals surface area contributed by atoms with Gasteiger partial charge in [-0.05, 0) is 36.8 Å². The Morgan fingerprint density at radius 1 is 0.971 bits per heavy atom. The number of benzene rings is 1. The molecule has 0 aliphatic carbocycles. The number of rotatable bonds is 15. The van der Waals surface area contributed by atoms with Gasteiger partial charge >= 0.3 is 5.97 Å². The number of aliphatic hydroxyl groups is 1. The van der Waals surface area contributed by atoms with Gasteiger partial charge in [-0.3, -0.25) is 14.4 Å². The summed E-state index contributed by atoms with van der Waals surface area (Å²) in [7, 11) is 0. The fourth-order valence-corrected chi connectivity index (χ4v) is 3.73. The first-order valence-electron chi connectivity index (χ1n) is 11.6. The summed E-state index contributed by atoms with van der Waals surface area (Å²) in [6.45, 7) is 5.03. The van der Waals surface area contributed by atoms with Crippen molar-refractivity contribution in [2.45, 2.75) is 70.3 Å². The first kappa shape index (κ1) is 30.4. The van der Waals surface area contributed by atoms with Crippen molar-refractivity contribution in [3.05, 3.63) is 35.9 Å². The zero-order valence-corrected chi connectivity index (χ0v) is 21.5. The molecule has 1 rings (SSSR count). The second-order valence-corrected chi connectivity index (χ2v) is 9.56. The van der Waals surface area contributed by atoms with Gasteiger partial charge in [0.05, 0.1) is 12.1 Å². The molecule has 0 aliphatic rings. The van der Waals surface area contributed by atoms with Gasteiger partial charge in [0.1, 0.15) is 18.1 Å². The molecular weight excluding hydrogens is 472 g/mol. The van der Waals surface area contributed by atoms with Crippen LogP contribution in [0, 0.1) is 5.92 Å². The van der Waals surface area contributed by atoms with Crippen LogP contribution in [0.25, 0.3) is 0 Å². The molecular formula is C24H38N4O6S. The molecule has 1 aromatic carbocycles. The van der Waals surface area contributed by atoms with Crippen molar-refractivity contribution in [2.75, 3.05) is 12.0 Å². The van der Waals surface area contributed by atoms with Crippen molar-refractivity contribution in [3.63, 3.8) is 0 Å². The van der Waals surface area contributed by atoms with Crippen LogP contribution < -0.4 is 21.7 Å². The summed E-state index contributed by atoms with van der Waals surface area (Å²) in [6.07, 6.45) is 1.54. The Morgan fingerprint density at radius 3 is 2.09 bits per heavy atom. The van der Waals surface area contributed by atoms with Crippen molar-refractivity contribution < 1.29 is 29.4 Å². The highest BCUT2D eigenvalue weighted by Gasteiger charge is 2.33. The van der Waals surface area contributed by atoms with Crippen molar-refractivity contribution in [3.8, 4) is 0 Å². The molecule has 0 saturated carbocycles. The van der Waals surface area contributed by atoms with Gasteiger partial charge in [0, 0.05) is 6.42 Å². The Kier molecular flexibility index (Phi) is 13.4. The summed E-state index contributed by atoms with van der Waals surface area (Å²) >= 11 is 1.45. The SMILES string of the molecule is CCC(C)C(N)C(=O)NC(C(=O)NC(CCSC)C(=O)NC(Cc1ccccc1)C(=O)O)C(C)O. The fourth-order valence-electron chi connectivity index (χ4n) is 3.26. The number of nitrogens with one attached hydrogen (secondary N) is 3. The molecule has 35 heavy (non-hydrogen) atoms. The van der Waals surface area contributed by atoms with E-state index in [1.807, 2.05) is 13.2 Å². The van der Waals surface area contributed by atoms with Gasteiger partial charge in [0.2, 0.25) is 17.7 Å². The van der Waals surface area contributed by atoms with E-state index in [2.05, 4.69) is 16.0 Å². The van der Waals surface area contributed by atoms with Crippen LogP contribution in [-0.2, 0) is 25.6 Å². The predicted octanol–water partition coefficient (Wildman–Crippen LogP) is 0.275. The molecule has 0 heterocycles. The molecule has 0 fully saturated rings. The molecule has 0 spiro atoms. The first-order chi connectivity index (χ1) is 16.5. The number of carboxylic acid groups (broad SMARTS) is 1. The predicted molar refractivity (Wildman–Crippen MR) is 136 cm³/mol. The average molecular weight is 511 g/mol. The van der Waals surface area contributed by atoms with E-state index in [9.17, 15) is 29.4 Å². The van der Waals surface area contributed by atoms with Crippen LogP contribution >= 0.6 is 11.8 Å². The van der Waals surface area contributed by atoms with Gasteiger partial charge < -0.3 is 31.9 Å². The monoisotopic (exact) mass is 510 g/mol. The number of carboxylic acids is 1. The molecule has 0 bridgehead atoms. The highest BCUT2D eigenvalue weighted by atomic mass is 32.2. The molecule has 0 radical (unpaired) electrons. The number of aliphatic carboxylic acids is 1. The minimum Gasteiger partial charge on any atom is -0.480 e. The van der Waals surface area contributed by atoms with E-state index in [4.69, 9.17) is 5.73 Å². The van der Waals surface area contributed by atoms with Crippen molar-refractivity contribution in [2.24, 2.45) is 11.7 Å². The minimum atomic E-state index is -1.33. The second-order valence-electron chi connectivity index (χ2n) is 8.57. The lowest BCUT2D eigenvalue weighted by molar-refractivity contribution is -0.142. The first-order valence-corrected chi connectivity index (χ1v) is 13.0. The number of amides is 3. The number of carbonyl (C=O) groups excluding carboxylic acids is 3. The van der Waals surface area contributed by atoms with Gasteiger partial charge in [-0.1, -0.05) is 50.6 Å². The number of carbonyl (C=O) groups is 4. The van der Waals surface area contributed by atoms with Crippen LogP contribution in [0.1, 0.15) is 39.2 Å². The van der Waals surface area contributed by atoms with Crippen molar-refractivity contribution in [1.29, 1.82) is 0 Å². The van der Waals surface area contributed by atoms with E-state index < -0.39 is 54.0 Å². The van der Waals surface area contributed by atoms with Gasteiger partial charge in [0.25, 0.3) is 0 Å². The molecule has 7 N–H and O–H groups in total. The summed E-state index contributed by atoms with van der Waals surface area (Å²) in [5.41, 5.74) is 6.67. The standard InChI is InChI=1S/C24H38N4O6S/c1-5-14(2)19(25)22(31)28-20(15(3)29)23(32)26-17(11-12-35-4)21(30)27-18(24(33)34)13-16-9-7-6-8-10-16/h6-10,14-15,17-20,29H,5,11-13,25H2,1-4H3,(H,26,32)(H,27,30)(H,28,31)(H,33,34). The maximum atomic E-state index is 13.0. The summed E-state index contributed by atoms with van der Waals surface area (Å²) in [5.74, 6) is -2.84. The smallest absolute Gasteiger partial charge is 0.326 e. The Bertz CT molecular complexity index is 839. The zero-order chi connectivity index (χ0) is 26.5. The topological polar surface area (TPSA) is 171 Å². The zero-order valence-electron chi connectivity index (χ0n) is 20.7. The largest absolute Gasteiger partial charge is 0.480 e. The van der Waals surface area contributed by atoms with Crippen molar-refractivity contribution in [1.82, 2.24) is 16.0 Å². The van der Waals surface area contributed by atoms with Gasteiger partial charge in [-0.25, -0.2) is 4.79 Å². The number of hydrogen-bond acceptors (Lipinski definition) is 7. The van der Waals surface area contributed by atoms with Crippen LogP contribution in [0.4, 0.5) is 0 Å². The third-order valence-electron chi connectivity index (χ3n) is 5.76. The highest BCUT2D eigenvalue weighted by Crippen LogP contribution is 2.09. The summed E-state index contributed by atoms with van der Waals surface area (Å²) in [5, 5.41) is 27.2. The number of aliphatic hydroxyl groups excluding tert-OH is 1. The molecule has 10 nitrogen and oxygen atoms in total. The molecule has 0 saturated heterocycles. The summed E-state index contributed by atoms with van der Waals surface area (Å²) < 4.78 is 0. The van der Waals surface area contributed by atoms with E-state index in [1.165, 1.54) is 18.7 Å². The molecule has 3 amide bonds. The summed E-state index contributed by atoms with van der Waals surface area (Å²) in [6, 6.07) is 4.42. The Morgan fingerprint density at radius 2 is 1.57 bits per heavy atom. The molecule has 196 valence electrons. The van der Waals surface area contributed by atoms with Crippen LogP contribution in [-0.4, -0.2) is 76.2 Å². The quantitative estimate of drug-likeness (QED) is 0.195. The van der Waals surface area contributed by atoms with Crippen molar-refractivity contribution >= 4 is 35.5 Å². The molecule has 0 aromatic heterocycles. The Labute approximate surface area is 210 Å². The van der Waals surface area contributed by atoms with Gasteiger partial charge in [-0.2, -0.15) is 11.8 Å². The average Bonchev–Trinajstić information content (AvgIpc) is 2.83. The number of hydrogen-bond donors (Lipinski definition) is 6. The normalized spacial score (nSPS) is 16.2. The van der Waals surface area contributed by atoms with Gasteiger partial charge in [-0.15, -0.1) is 0 Å². The third kappa shape index (κ3) is 10.3. The molecule has 1 aromatic rings. The lowest BCUT2D eigenvalue weighted by Gasteiger charge is -2.27. The van der Waals surface area contributed by atoms with E-state index in [-0.39, 0.29) is 18.8 Å². The van der Waals surface area contributed by atoms with Crippen LogP contribution in [0.3, 0.4) is 0 Å². The van der Waals surface area contributed by atoms with Gasteiger partial charge in [0.15, 0.2) is 0 Å². The number of thioether (sulfide) groups is 1. The van der Waals surface area contributed by atoms with E-state index in [1.54, 1.807) is 37.3 Å². The Balaban J connectivity index is 2.96. The fraction of sp³-hybridized carbons (Fsp3) is 0.583.